The molecule has 2 rings (SSSR count). The average molecular weight is 264 g/mol. The maximum atomic E-state index is 11.5. The molecule has 18 heavy (non-hydrogen) atoms. The van der Waals surface area contributed by atoms with E-state index in [9.17, 15) is 8.42 Å². The quantitative estimate of drug-likeness (QED) is 0.910. The van der Waals surface area contributed by atoms with Gasteiger partial charge in [-0.15, -0.1) is 0 Å². The van der Waals surface area contributed by atoms with Crippen LogP contribution in [0.15, 0.2) is 36.7 Å². The van der Waals surface area contributed by atoms with E-state index < -0.39 is 9.84 Å². The summed E-state index contributed by atoms with van der Waals surface area (Å²) in [6.45, 7) is 0. The molecule has 0 amide bonds. The lowest BCUT2D eigenvalue weighted by molar-refractivity contribution is 0.580. The van der Waals surface area contributed by atoms with Gasteiger partial charge >= 0.3 is 0 Å². The van der Waals surface area contributed by atoms with Crippen molar-refractivity contribution < 1.29 is 8.42 Å². The van der Waals surface area contributed by atoms with Crippen LogP contribution >= 0.6 is 0 Å². The maximum Gasteiger partial charge on any atom is 0.149 e. The fraction of sp³-hybridized carbons (Fsp3) is 0.308. The average Bonchev–Trinajstić information content (AvgIpc) is 2.34. The first-order valence-electron chi connectivity index (χ1n) is 5.69. The highest BCUT2D eigenvalue weighted by Crippen LogP contribution is 2.24. The molecular formula is C13H16N2O2S. The second-order valence-electron chi connectivity index (χ2n) is 4.38. The van der Waals surface area contributed by atoms with Crippen molar-refractivity contribution in [2.24, 2.45) is 0 Å². The largest absolute Gasteiger partial charge is 0.312 e. The van der Waals surface area contributed by atoms with Crippen LogP contribution in [0.1, 0.15) is 11.6 Å². The molecule has 0 aliphatic rings. The van der Waals surface area contributed by atoms with Gasteiger partial charge in [-0.2, -0.15) is 0 Å². The van der Waals surface area contributed by atoms with Crippen LogP contribution in [0.2, 0.25) is 0 Å². The summed E-state index contributed by atoms with van der Waals surface area (Å²) >= 11 is 0. The minimum Gasteiger partial charge on any atom is -0.312 e. The molecule has 0 bridgehead atoms. The number of benzene rings is 1. The van der Waals surface area contributed by atoms with E-state index in [-0.39, 0.29) is 11.8 Å². The SMILES string of the molecule is CNC(CS(C)(=O)=O)c1cccc2cnccc12. The Kier molecular flexibility index (Phi) is 3.63. The van der Waals surface area contributed by atoms with E-state index in [1.54, 1.807) is 19.4 Å². The molecule has 1 heterocycles. The van der Waals surface area contributed by atoms with Crippen molar-refractivity contribution in [3.05, 3.63) is 42.2 Å². The van der Waals surface area contributed by atoms with Crippen LogP contribution in [-0.4, -0.2) is 32.5 Å². The van der Waals surface area contributed by atoms with Crippen LogP contribution in [0.3, 0.4) is 0 Å². The lowest BCUT2D eigenvalue weighted by atomic mass is 10.0. The van der Waals surface area contributed by atoms with Crippen molar-refractivity contribution in [1.29, 1.82) is 0 Å². The summed E-state index contributed by atoms with van der Waals surface area (Å²) < 4.78 is 22.9. The summed E-state index contributed by atoms with van der Waals surface area (Å²) in [6.07, 6.45) is 4.76. The molecule has 0 fully saturated rings. The second-order valence-corrected chi connectivity index (χ2v) is 6.56. The molecule has 1 unspecified atom stereocenters. The van der Waals surface area contributed by atoms with E-state index in [0.29, 0.717) is 0 Å². The molecule has 0 aliphatic carbocycles. The normalized spacial score (nSPS) is 13.7. The Hall–Kier alpha value is -1.46. The minimum atomic E-state index is -3.03. The topological polar surface area (TPSA) is 59.1 Å². The molecule has 0 saturated carbocycles. The zero-order valence-corrected chi connectivity index (χ0v) is 11.2. The Balaban J connectivity index is 2.51. The molecule has 0 spiro atoms. The van der Waals surface area contributed by atoms with Gasteiger partial charge in [0, 0.05) is 30.1 Å². The Morgan fingerprint density at radius 3 is 2.78 bits per heavy atom. The third-order valence-corrected chi connectivity index (χ3v) is 3.85. The predicted molar refractivity (Wildman–Crippen MR) is 73.3 cm³/mol. The van der Waals surface area contributed by atoms with Crippen molar-refractivity contribution in [3.63, 3.8) is 0 Å². The molecule has 2 aromatic rings. The zero-order chi connectivity index (χ0) is 13.2. The van der Waals surface area contributed by atoms with Crippen LogP contribution in [0.4, 0.5) is 0 Å². The van der Waals surface area contributed by atoms with Gasteiger partial charge in [0.15, 0.2) is 0 Å². The number of nitrogens with one attached hydrogen (secondary N) is 1. The first-order valence-corrected chi connectivity index (χ1v) is 7.75. The van der Waals surface area contributed by atoms with Crippen molar-refractivity contribution in [1.82, 2.24) is 10.3 Å². The van der Waals surface area contributed by atoms with E-state index in [0.717, 1.165) is 16.3 Å². The molecule has 1 aromatic heterocycles. The van der Waals surface area contributed by atoms with Gasteiger partial charge in [-0.05, 0) is 24.1 Å². The first kappa shape index (κ1) is 13.0. The number of sulfone groups is 1. The molecule has 5 heteroatoms. The first-order chi connectivity index (χ1) is 8.51. The molecule has 1 N–H and O–H groups in total. The number of aromatic nitrogens is 1. The summed E-state index contributed by atoms with van der Waals surface area (Å²) in [6, 6.07) is 7.56. The van der Waals surface area contributed by atoms with Crippen molar-refractivity contribution in [2.75, 3.05) is 19.1 Å². The zero-order valence-electron chi connectivity index (χ0n) is 10.4. The van der Waals surface area contributed by atoms with Gasteiger partial charge in [-0.25, -0.2) is 8.42 Å². The van der Waals surface area contributed by atoms with Crippen molar-refractivity contribution >= 4 is 20.6 Å². The number of hydrogen-bond acceptors (Lipinski definition) is 4. The van der Waals surface area contributed by atoms with E-state index in [1.165, 1.54) is 6.26 Å². The standard InChI is InChI=1S/C13H16N2O2S/c1-14-13(9-18(2,16)17)12-5-3-4-10-8-15-7-6-11(10)12/h3-8,13-14H,9H2,1-2H3. The van der Waals surface area contributed by atoms with Crippen LogP contribution in [-0.2, 0) is 9.84 Å². The third-order valence-electron chi connectivity index (χ3n) is 2.91. The van der Waals surface area contributed by atoms with Crippen molar-refractivity contribution in [2.45, 2.75) is 6.04 Å². The fourth-order valence-corrected chi connectivity index (χ4v) is 3.03. The van der Waals surface area contributed by atoms with Crippen LogP contribution in [0.25, 0.3) is 10.8 Å². The van der Waals surface area contributed by atoms with E-state index in [2.05, 4.69) is 10.3 Å². The molecule has 1 aromatic carbocycles. The number of fused-ring (bicyclic) bond motifs is 1. The van der Waals surface area contributed by atoms with Gasteiger partial charge in [0.05, 0.1) is 5.75 Å². The Morgan fingerprint density at radius 1 is 1.33 bits per heavy atom. The van der Waals surface area contributed by atoms with Gasteiger partial charge in [-0.1, -0.05) is 18.2 Å². The summed E-state index contributed by atoms with van der Waals surface area (Å²) in [5, 5.41) is 5.12. The highest BCUT2D eigenvalue weighted by molar-refractivity contribution is 7.90. The lowest BCUT2D eigenvalue weighted by Gasteiger charge is -2.17. The highest BCUT2D eigenvalue weighted by Gasteiger charge is 2.17. The fourth-order valence-electron chi connectivity index (χ4n) is 2.08. The summed E-state index contributed by atoms with van der Waals surface area (Å²) in [5.41, 5.74) is 0.989. The number of hydrogen-bond donors (Lipinski definition) is 1. The Bertz CT molecular complexity index is 648. The van der Waals surface area contributed by atoms with Crippen molar-refractivity contribution in [3.8, 4) is 0 Å². The number of rotatable bonds is 4. The lowest BCUT2D eigenvalue weighted by Crippen LogP contribution is -2.24. The summed E-state index contributed by atoms with van der Waals surface area (Å²) in [5.74, 6) is 0.0882. The second kappa shape index (κ2) is 5.04. The minimum absolute atomic E-state index is 0.0882. The molecule has 96 valence electrons. The Labute approximate surface area is 107 Å². The summed E-state index contributed by atoms with van der Waals surface area (Å²) in [4.78, 5) is 4.08. The van der Waals surface area contributed by atoms with E-state index in [4.69, 9.17) is 0 Å². The van der Waals surface area contributed by atoms with Gasteiger partial charge in [-0.3, -0.25) is 4.98 Å². The smallest absolute Gasteiger partial charge is 0.149 e. The van der Waals surface area contributed by atoms with Gasteiger partial charge in [0.2, 0.25) is 0 Å². The van der Waals surface area contributed by atoms with E-state index in [1.807, 2.05) is 24.3 Å². The number of pyridine rings is 1. The van der Waals surface area contributed by atoms with Crippen LogP contribution < -0.4 is 5.32 Å². The molecule has 4 nitrogen and oxygen atoms in total. The predicted octanol–water partition coefficient (Wildman–Crippen LogP) is 1.54. The monoisotopic (exact) mass is 264 g/mol. The molecule has 0 saturated heterocycles. The van der Waals surface area contributed by atoms with E-state index >= 15 is 0 Å². The summed E-state index contributed by atoms with van der Waals surface area (Å²) in [7, 11) is -1.26. The third kappa shape index (κ3) is 2.86. The van der Waals surface area contributed by atoms with Gasteiger partial charge < -0.3 is 5.32 Å². The Morgan fingerprint density at radius 2 is 2.11 bits per heavy atom. The van der Waals surface area contributed by atoms with Crippen LogP contribution in [0, 0.1) is 0 Å². The number of nitrogens with zero attached hydrogens (tertiary/aromatic N) is 1. The molecular weight excluding hydrogens is 248 g/mol. The highest BCUT2D eigenvalue weighted by atomic mass is 32.2. The van der Waals surface area contributed by atoms with Crippen LogP contribution in [0.5, 0.6) is 0 Å². The molecule has 1 atom stereocenters. The van der Waals surface area contributed by atoms with Gasteiger partial charge in [0.1, 0.15) is 9.84 Å². The molecule has 0 aliphatic heterocycles. The maximum absolute atomic E-state index is 11.5. The van der Waals surface area contributed by atoms with Gasteiger partial charge in [0.25, 0.3) is 0 Å². The molecule has 0 radical (unpaired) electrons.